The van der Waals surface area contributed by atoms with Gasteiger partial charge in [0.1, 0.15) is 11.6 Å². The largest absolute Gasteiger partial charge is 0.481 e. The van der Waals surface area contributed by atoms with E-state index >= 15 is 0 Å². The molecular formula is C16H15FN2O4. The number of nitrogens with zero attached hydrogens (tertiary/aromatic N) is 1. The number of amides is 1. The molecule has 0 unspecified atom stereocenters. The lowest BCUT2D eigenvalue weighted by atomic mass is 10.2. The number of hydrogen-bond donors (Lipinski definition) is 1. The van der Waals surface area contributed by atoms with E-state index in [4.69, 9.17) is 4.74 Å². The molecule has 1 N–H and O–H groups in total. The summed E-state index contributed by atoms with van der Waals surface area (Å²) in [6.45, 7) is 3.12. The second-order valence-corrected chi connectivity index (χ2v) is 4.97. The topological polar surface area (TPSA) is 81.5 Å². The number of anilines is 1. The summed E-state index contributed by atoms with van der Waals surface area (Å²) < 4.78 is 18.5. The van der Waals surface area contributed by atoms with Crippen molar-refractivity contribution in [3.8, 4) is 5.75 Å². The fourth-order valence-corrected chi connectivity index (χ4v) is 1.97. The van der Waals surface area contributed by atoms with Crippen molar-refractivity contribution in [3.63, 3.8) is 0 Å². The smallest absolute Gasteiger partial charge is 0.272 e. The SMILES string of the molecule is Cc1cc(O[C@H](C)C(=O)Nc2cccc(F)c2)ccc1[N+](=O)[O-]. The van der Waals surface area contributed by atoms with Gasteiger partial charge in [-0.25, -0.2) is 4.39 Å². The van der Waals surface area contributed by atoms with Crippen LogP contribution in [0.15, 0.2) is 42.5 Å². The molecular weight excluding hydrogens is 303 g/mol. The summed E-state index contributed by atoms with van der Waals surface area (Å²) in [4.78, 5) is 22.3. The van der Waals surface area contributed by atoms with Gasteiger partial charge in [0.05, 0.1) is 4.92 Å². The van der Waals surface area contributed by atoms with Crippen LogP contribution < -0.4 is 10.1 Å². The highest BCUT2D eigenvalue weighted by Crippen LogP contribution is 2.24. The summed E-state index contributed by atoms with van der Waals surface area (Å²) in [5.41, 5.74) is 0.741. The van der Waals surface area contributed by atoms with Gasteiger partial charge in [-0.2, -0.15) is 0 Å². The summed E-state index contributed by atoms with van der Waals surface area (Å²) in [5.74, 6) is -0.566. The average Bonchev–Trinajstić information content (AvgIpc) is 2.46. The van der Waals surface area contributed by atoms with Crippen LogP contribution in [-0.4, -0.2) is 16.9 Å². The van der Waals surface area contributed by atoms with E-state index in [9.17, 15) is 19.3 Å². The standard InChI is InChI=1S/C16H15FN2O4/c1-10-8-14(6-7-15(10)19(21)22)23-11(2)16(20)18-13-5-3-4-12(17)9-13/h3-9,11H,1-2H3,(H,18,20)/t11-/m1/s1. The van der Waals surface area contributed by atoms with E-state index in [1.54, 1.807) is 13.0 Å². The zero-order valence-electron chi connectivity index (χ0n) is 12.6. The van der Waals surface area contributed by atoms with Crippen LogP contribution in [0.2, 0.25) is 0 Å². The van der Waals surface area contributed by atoms with Crippen molar-refractivity contribution >= 4 is 17.3 Å². The van der Waals surface area contributed by atoms with Crippen LogP contribution in [0.3, 0.4) is 0 Å². The highest BCUT2D eigenvalue weighted by molar-refractivity contribution is 5.94. The summed E-state index contributed by atoms with van der Waals surface area (Å²) in [7, 11) is 0. The second-order valence-electron chi connectivity index (χ2n) is 4.97. The Labute approximate surface area is 132 Å². The van der Waals surface area contributed by atoms with Crippen molar-refractivity contribution in [3.05, 3.63) is 64.0 Å². The molecule has 2 rings (SSSR count). The molecule has 0 heterocycles. The Balaban J connectivity index is 2.03. The first-order valence-corrected chi connectivity index (χ1v) is 6.85. The van der Waals surface area contributed by atoms with Gasteiger partial charge >= 0.3 is 0 Å². The first kappa shape index (κ1) is 16.4. The van der Waals surface area contributed by atoms with Crippen molar-refractivity contribution in [1.29, 1.82) is 0 Å². The third kappa shape index (κ3) is 4.26. The third-order valence-corrected chi connectivity index (χ3v) is 3.14. The molecule has 23 heavy (non-hydrogen) atoms. The van der Waals surface area contributed by atoms with Gasteiger partial charge in [-0.3, -0.25) is 14.9 Å². The number of hydrogen-bond acceptors (Lipinski definition) is 4. The molecule has 1 atom stereocenters. The Bertz CT molecular complexity index is 749. The third-order valence-electron chi connectivity index (χ3n) is 3.14. The van der Waals surface area contributed by atoms with Crippen LogP contribution in [0.4, 0.5) is 15.8 Å². The van der Waals surface area contributed by atoms with E-state index in [2.05, 4.69) is 5.32 Å². The molecule has 0 saturated carbocycles. The zero-order valence-corrected chi connectivity index (χ0v) is 12.6. The summed E-state index contributed by atoms with van der Waals surface area (Å²) >= 11 is 0. The minimum Gasteiger partial charge on any atom is -0.481 e. The maximum absolute atomic E-state index is 13.1. The van der Waals surface area contributed by atoms with Gasteiger partial charge < -0.3 is 10.1 Å². The van der Waals surface area contributed by atoms with Gasteiger partial charge in [0.15, 0.2) is 6.10 Å². The molecule has 0 bridgehead atoms. The Morgan fingerprint density at radius 2 is 2.04 bits per heavy atom. The van der Waals surface area contributed by atoms with E-state index in [0.29, 0.717) is 17.0 Å². The van der Waals surface area contributed by atoms with Crippen molar-refractivity contribution in [2.45, 2.75) is 20.0 Å². The van der Waals surface area contributed by atoms with Gasteiger partial charge in [-0.05, 0) is 44.2 Å². The number of nitro groups is 1. The quantitative estimate of drug-likeness (QED) is 0.676. The van der Waals surface area contributed by atoms with Gasteiger partial charge in [0.2, 0.25) is 0 Å². The Morgan fingerprint density at radius 3 is 2.65 bits per heavy atom. The van der Waals surface area contributed by atoms with Crippen LogP contribution in [0, 0.1) is 22.9 Å². The van der Waals surface area contributed by atoms with Gasteiger partial charge in [0, 0.05) is 17.3 Å². The highest BCUT2D eigenvalue weighted by Gasteiger charge is 2.17. The van der Waals surface area contributed by atoms with E-state index in [1.807, 2.05) is 0 Å². The number of halogens is 1. The molecule has 6 nitrogen and oxygen atoms in total. The zero-order chi connectivity index (χ0) is 17.0. The predicted octanol–water partition coefficient (Wildman–Crippen LogP) is 3.45. The van der Waals surface area contributed by atoms with E-state index < -0.39 is 22.8 Å². The van der Waals surface area contributed by atoms with Crippen LogP contribution in [0.5, 0.6) is 5.75 Å². The molecule has 0 aliphatic heterocycles. The Kier molecular flexibility index (Phi) is 4.90. The minimum atomic E-state index is -0.848. The van der Waals surface area contributed by atoms with Crippen LogP contribution in [0.25, 0.3) is 0 Å². The first-order valence-electron chi connectivity index (χ1n) is 6.85. The fraction of sp³-hybridized carbons (Fsp3) is 0.188. The highest BCUT2D eigenvalue weighted by atomic mass is 19.1. The lowest BCUT2D eigenvalue weighted by Crippen LogP contribution is -2.30. The van der Waals surface area contributed by atoms with E-state index in [0.717, 1.165) is 0 Å². The molecule has 0 aliphatic carbocycles. The molecule has 0 aromatic heterocycles. The Morgan fingerprint density at radius 1 is 1.30 bits per heavy atom. The molecule has 0 radical (unpaired) electrons. The number of carbonyl (C=O) groups excluding carboxylic acids is 1. The molecule has 120 valence electrons. The number of aryl methyl sites for hydroxylation is 1. The van der Waals surface area contributed by atoms with Crippen LogP contribution in [0.1, 0.15) is 12.5 Å². The number of benzene rings is 2. The van der Waals surface area contributed by atoms with Crippen LogP contribution >= 0.6 is 0 Å². The number of nitro benzene ring substituents is 1. The predicted molar refractivity (Wildman–Crippen MR) is 83.0 cm³/mol. The monoisotopic (exact) mass is 318 g/mol. The Hall–Kier alpha value is -2.96. The van der Waals surface area contributed by atoms with Crippen LogP contribution in [-0.2, 0) is 4.79 Å². The maximum Gasteiger partial charge on any atom is 0.272 e. The first-order chi connectivity index (χ1) is 10.9. The van der Waals surface area contributed by atoms with Crippen molar-refractivity contribution in [2.24, 2.45) is 0 Å². The summed E-state index contributed by atoms with van der Waals surface area (Å²) in [6.07, 6.45) is -0.848. The van der Waals surface area contributed by atoms with Crippen molar-refractivity contribution in [1.82, 2.24) is 0 Å². The van der Waals surface area contributed by atoms with Crippen molar-refractivity contribution in [2.75, 3.05) is 5.32 Å². The molecule has 0 saturated heterocycles. The number of carbonyl (C=O) groups is 1. The fourth-order valence-electron chi connectivity index (χ4n) is 1.97. The van der Waals surface area contributed by atoms with E-state index in [-0.39, 0.29) is 5.69 Å². The average molecular weight is 318 g/mol. The second kappa shape index (κ2) is 6.87. The molecule has 2 aromatic carbocycles. The summed E-state index contributed by atoms with van der Waals surface area (Å²) in [6, 6.07) is 9.75. The maximum atomic E-state index is 13.1. The lowest BCUT2D eigenvalue weighted by Gasteiger charge is -2.15. The van der Waals surface area contributed by atoms with E-state index in [1.165, 1.54) is 43.3 Å². The number of ether oxygens (including phenoxy) is 1. The molecule has 2 aromatic rings. The number of rotatable bonds is 5. The normalized spacial score (nSPS) is 11.6. The number of nitrogens with one attached hydrogen (secondary N) is 1. The van der Waals surface area contributed by atoms with Crippen molar-refractivity contribution < 1.29 is 18.8 Å². The van der Waals surface area contributed by atoms with Gasteiger partial charge in [-0.1, -0.05) is 6.07 Å². The minimum absolute atomic E-state index is 0.0192. The van der Waals surface area contributed by atoms with Gasteiger partial charge in [-0.15, -0.1) is 0 Å². The molecule has 0 fully saturated rings. The van der Waals surface area contributed by atoms with Gasteiger partial charge in [0.25, 0.3) is 11.6 Å². The molecule has 0 spiro atoms. The molecule has 1 amide bonds. The summed E-state index contributed by atoms with van der Waals surface area (Å²) in [5, 5.41) is 13.3. The lowest BCUT2D eigenvalue weighted by molar-refractivity contribution is -0.385. The molecule has 0 aliphatic rings. The molecule has 7 heteroatoms.